The van der Waals surface area contributed by atoms with Crippen molar-refractivity contribution >= 4 is 29.0 Å². The SMILES string of the molecule is Cc1cccc2cc(N3CCN(C4CCCCC4)CC3)c(=O)[nH]c12.Cl. The quantitative estimate of drug-likeness (QED) is 0.886. The van der Waals surface area contributed by atoms with E-state index in [9.17, 15) is 4.79 Å². The van der Waals surface area contributed by atoms with Gasteiger partial charge in [0, 0.05) is 37.6 Å². The van der Waals surface area contributed by atoms with Crippen LogP contribution in [0.15, 0.2) is 29.1 Å². The van der Waals surface area contributed by atoms with Gasteiger partial charge in [-0.1, -0.05) is 37.5 Å². The van der Waals surface area contributed by atoms with Crippen molar-refractivity contribution in [3.63, 3.8) is 0 Å². The standard InChI is InChI=1S/C20H27N3O.ClH/c1-15-6-5-7-16-14-18(20(24)21-19(15)16)23-12-10-22(11-13-23)17-8-3-2-4-9-17;/h5-7,14,17H,2-4,8-13H2,1H3,(H,21,24);1H. The average molecular weight is 362 g/mol. The number of nitrogens with one attached hydrogen (secondary N) is 1. The van der Waals surface area contributed by atoms with E-state index in [0.29, 0.717) is 0 Å². The number of aromatic nitrogens is 1. The zero-order valence-electron chi connectivity index (χ0n) is 15.0. The fraction of sp³-hybridized carbons (Fsp3) is 0.550. The number of hydrogen-bond donors (Lipinski definition) is 1. The Labute approximate surface area is 155 Å². The van der Waals surface area contributed by atoms with E-state index >= 15 is 0 Å². The third-order valence-electron chi connectivity index (χ3n) is 5.81. The maximum absolute atomic E-state index is 12.6. The number of rotatable bonds is 2. The molecule has 2 aliphatic rings. The first-order valence-electron chi connectivity index (χ1n) is 9.34. The van der Waals surface area contributed by atoms with Crippen LogP contribution in [0.5, 0.6) is 0 Å². The van der Waals surface area contributed by atoms with Gasteiger partial charge in [-0.2, -0.15) is 0 Å². The van der Waals surface area contributed by atoms with Gasteiger partial charge in [-0.15, -0.1) is 12.4 Å². The number of aromatic amines is 1. The monoisotopic (exact) mass is 361 g/mol. The maximum Gasteiger partial charge on any atom is 0.271 e. The molecular formula is C20H28ClN3O. The molecule has 2 heterocycles. The van der Waals surface area contributed by atoms with E-state index in [4.69, 9.17) is 0 Å². The number of fused-ring (bicyclic) bond motifs is 1. The molecule has 0 atom stereocenters. The minimum Gasteiger partial charge on any atom is -0.365 e. The molecule has 4 nitrogen and oxygen atoms in total. The van der Waals surface area contributed by atoms with Crippen LogP contribution in [0.1, 0.15) is 37.7 Å². The molecular weight excluding hydrogens is 334 g/mol. The predicted octanol–water partition coefficient (Wildman–Crippen LogP) is 3.71. The molecule has 0 radical (unpaired) electrons. The number of aryl methyl sites for hydroxylation is 1. The zero-order chi connectivity index (χ0) is 16.5. The molecule has 1 aliphatic carbocycles. The third kappa shape index (κ3) is 3.70. The molecule has 2 aromatic rings. The van der Waals surface area contributed by atoms with Gasteiger partial charge in [0.2, 0.25) is 0 Å². The molecule has 4 rings (SSSR count). The second-order valence-corrected chi connectivity index (χ2v) is 7.34. The lowest BCUT2D eigenvalue weighted by Gasteiger charge is -2.41. The number of H-pyrrole nitrogens is 1. The molecule has 1 aromatic carbocycles. The first kappa shape index (κ1) is 18.3. The fourth-order valence-electron chi connectivity index (χ4n) is 4.38. The third-order valence-corrected chi connectivity index (χ3v) is 5.81. The van der Waals surface area contributed by atoms with Gasteiger partial charge < -0.3 is 9.88 Å². The summed E-state index contributed by atoms with van der Waals surface area (Å²) in [6, 6.07) is 9.03. The fourth-order valence-corrected chi connectivity index (χ4v) is 4.38. The summed E-state index contributed by atoms with van der Waals surface area (Å²) in [5, 5.41) is 1.12. The minimum absolute atomic E-state index is 0. The largest absolute Gasteiger partial charge is 0.365 e. The van der Waals surface area contributed by atoms with Crippen molar-refractivity contribution < 1.29 is 0 Å². The number of piperazine rings is 1. The Morgan fingerprint density at radius 1 is 1.04 bits per heavy atom. The van der Waals surface area contributed by atoms with E-state index in [1.807, 2.05) is 13.0 Å². The van der Waals surface area contributed by atoms with Crippen molar-refractivity contribution in [2.45, 2.75) is 45.1 Å². The van der Waals surface area contributed by atoms with Crippen LogP contribution in [-0.4, -0.2) is 42.1 Å². The van der Waals surface area contributed by atoms with Gasteiger partial charge in [0.1, 0.15) is 5.69 Å². The van der Waals surface area contributed by atoms with Crippen LogP contribution >= 0.6 is 12.4 Å². The second kappa shape index (κ2) is 7.79. The van der Waals surface area contributed by atoms with Gasteiger partial charge in [0.25, 0.3) is 5.56 Å². The molecule has 1 saturated carbocycles. The van der Waals surface area contributed by atoms with Crippen LogP contribution < -0.4 is 10.5 Å². The van der Waals surface area contributed by atoms with E-state index in [-0.39, 0.29) is 18.0 Å². The molecule has 0 unspecified atom stereocenters. The Hall–Kier alpha value is -1.52. The second-order valence-electron chi connectivity index (χ2n) is 7.34. The van der Waals surface area contributed by atoms with E-state index in [0.717, 1.165) is 54.4 Å². The Kier molecular flexibility index (Phi) is 5.70. The van der Waals surface area contributed by atoms with Crippen molar-refractivity contribution in [3.05, 3.63) is 40.2 Å². The number of hydrogen-bond acceptors (Lipinski definition) is 3. The Balaban J connectivity index is 0.00000182. The lowest BCUT2D eigenvalue weighted by molar-refractivity contribution is 0.148. The van der Waals surface area contributed by atoms with Crippen LogP contribution in [0.3, 0.4) is 0 Å². The number of pyridine rings is 1. The molecule has 136 valence electrons. The van der Waals surface area contributed by atoms with Crippen LogP contribution in [0, 0.1) is 6.92 Å². The van der Waals surface area contributed by atoms with E-state index in [1.165, 1.54) is 32.1 Å². The lowest BCUT2D eigenvalue weighted by Crippen LogP contribution is -2.51. The van der Waals surface area contributed by atoms with Gasteiger partial charge in [0.05, 0.1) is 5.52 Å². The van der Waals surface area contributed by atoms with Gasteiger partial charge in [-0.25, -0.2) is 0 Å². The summed E-state index contributed by atoms with van der Waals surface area (Å²) in [6.45, 7) is 6.11. The maximum atomic E-state index is 12.6. The van der Waals surface area contributed by atoms with Gasteiger partial charge in [-0.05, 0) is 31.4 Å². The van der Waals surface area contributed by atoms with E-state index in [2.05, 4.69) is 33.0 Å². The summed E-state index contributed by atoms with van der Waals surface area (Å²) in [7, 11) is 0. The number of anilines is 1. The molecule has 2 fully saturated rings. The van der Waals surface area contributed by atoms with Gasteiger partial charge in [0.15, 0.2) is 0 Å². The van der Waals surface area contributed by atoms with Crippen molar-refractivity contribution in [2.24, 2.45) is 0 Å². The molecule has 5 heteroatoms. The highest BCUT2D eigenvalue weighted by atomic mass is 35.5. The molecule has 0 amide bonds. The van der Waals surface area contributed by atoms with Crippen LogP contribution in [0.2, 0.25) is 0 Å². The minimum atomic E-state index is 0. The van der Waals surface area contributed by atoms with Crippen LogP contribution in [-0.2, 0) is 0 Å². The Morgan fingerprint density at radius 3 is 2.48 bits per heavy atom. The highest BCUT2D eigenvalue weighted by Crippen LogP contribution is 2.25. The topological polar surface area (TPSA) is 39.3 Å². The van der Waals surface area contributed by atoms with E-state index < -0.39 is 0 Å². The highest BCUT2D eigenvalue weighted by Gasteiger charge is 2.26. The zero-order valence-corrected chi connectivity index (χ0v) is 15.8. The van der Waals surface area contributed by atoms with E-state index in [1.54, 1.807) is 0 Å². The summed E-state index contributed by atoms with van der Waals surface area (Å²) in [4.78, 5) is 20.6. The van der Waals surface area contributed by atoms with Crippen LogP contribution in [0.4, 0.5) is 5.69 Å². The number of nitrogens with zero attached hydrogens (tertiary/aromatic N) is 2. The molecule has 1 N–H and O–H groups in total. The van der Waals surface area contributed by atoms with Gasteiger partial charge >= 0.3 is 0 Å². The van der Waals surface area contributed by atoms with Crippen molar-refractivity contribution in [1.82, 2.24) is 9.88 Å². The highest BCUT2D eigenvalue weighted by molar-refractivity contribution is 5.85. The summed E-state index contributed by atoms with van der Waals surface area (Å²) in [5.41, 5.74) is 2.96. The summed E-state index contributed by atoms with van der Waals surface area (Å²) < 4.78 is 0. The molecule has 1 aromatic heterocycles. The smallest absolute Gasteiger partial charge is 0.271 e. The average Bonchev–Trinajstić information content (AvgIpc) is 2.63. The molecule has 25 heavy (non-hydrogen) atoms. The van der Waals surface area contributed by atoms with Crippen molar-refractivity contribution in [3.8, 4) is 0 Å². The number of para-hydroxylation sites is 1. The summed E-state index contributed by atoms with van der Waals surface area (Å²) in [5.74, 6) is 0. The number of halogens is 1. The van der Waals surface area contributed by atoms with Gasteiger partial charge in [-0.3, -0.25) is 9.69 Å². The molecule has 1 saturated heterocycles. The van der Waals surface area contributed by atoms with Crippen LogP contribution in [0.25, 0.3) is 10.9 Å². The Bertz CT molecular complexity index is 774. The summed E-state index contributed by atoms with van der Waals surface area (Å²) in [6.07, 6.45) is 6.89. The summed E-state index contributed by atoms with van der Waals surface area (Å²) >= 11 is 0. The predicted molar refractivity (Wildman–Crippen MR) is 107 cm³/mol. The first-order chi connectivity index (χ1) is 11.7. The molecule has 0 spiro atoms. The Morgan fingerprint density at radius 2 is 1.76 bits per heavy atom. The van der Waals surface area contributed by atoms with Crippen molar-refractivity contribution in [1.29, 1.82) is 0 Å². The number of benzene rings is 1. The normalized spacial score (nSPS) is 19.8. The lowest BCUT2D eigenvalue weighted by atomic mass is 9.94. The first-order valence-corrected chi connectivity index (χ1v) is 9.34. The van der Waals surface area contributed by atoms with Crippen molar-refractivity contribution in [2.75, 3.05) is 31.1 Å². The molecule has 0 bridgehead atoms. The molecule has 1 aliphatic heterocycles.